The first kappa shape index (κ1) is 20.5. The van der Waals surface area contributed by atoms with Gasteiger partial charge >= 0.3 is 5.97 Å². The van der Waals surface area contributed by atoms with Gasteiger partial charge in [0.05, 0.1) is 42.2 Å². The first-order valence-electron chi connectivity index (χ1n) is 11.1. The molecule has 2 aromatic carbocycles. The monoisotopic (exact) mass is 456 g/mol. The molecule has 8 nitrogen and oxygen atoms in total. The molecule has 170 valence electrons. The molecular weight excluding hydrogens is 436 g/mol. The number of amides is 4. The number of anilines is 2. The van der Waals surface area contributed by atoms with E-state index in [0.717, 1.165) is 9.80 Å². The van der Waals surface area contributed by atoms with Crippen molar-refractivity contribution in [3.8, 4) is 0 Å². The maximum atomic E-state index is 13.6. The summed E-state index contributed by atoms with van der Waals surface area (Å²) in [4.78, 5) is 69.4. The van der Waals surface area contributed by atoms with Gasteiger partial charge in [0.1, 0.15) is 0 Å². The van der Waals surface area contributed by atoms with Crippen LogP contribution in [0.2, 0.25) is 0 Å². The average molecular weight is 456 g/mol. The zero-order valence-corrected chi connectivity index (χ0v) is 18.2. The Kier molecular flexibility index (Phi) is 4.36. The largest absolute Gasteiger partial charge is 0.466 e. The number of imide groups is 2. The summed E-state index contributed by atoms with van der Waals surface area (Å²) in [5.41, 5.74) is 1.06. The van der Waals surface area contributed by atoms with Crippen LogP contribution in [0.15, 0.2) is 72.3 Å². The molecule has 3 aliphatic carbocycles. The van der Waals surface area contributed by atoms with Crippen molar-refractivity contribution in [3.05, 3.63) is 72.3 Å². The van der Waals surface area contributed by atoms with Gasteiger partial charge in [0.15, 0.2) is 0 Å². The normalized spacial score (nSPS) is 31.5. The summed E-state index contributed by atoms with van der Waals surface area (Å²) in [5, 5.41) is 0. The SMILES string of the molecule is COC(=O)C1=CC2[C@@H]3C(=O)N(c4ccccc4)C(=O)[C@@H]3C1[C@H]1C(=O)N(c3ccccc3)C(=O)[C@@H]21. The van der Waals surface area contributed by atoms with Gasteiger partial charge in [-0.1, -0.05) is 42.5 Å². The number of hydrogen-bond acceptors (Lipinski definition) is 6. The molecule has 7 rings (SSSR count). The summed E-state index contributed by atoms with van der Waals surface area (Å²) >= 11 is 0. The fourth-order valence-electron chi connectivity index (χ4n) is 6.33. The lowest BCUT2D eigenvalue weighted by molar-refractivity contribution is -0.145. The van der Waals surface area contributed by atoms with E-state index in [1.54, 1.807) is 66.7 Å². The Balaban J connectivity index is 1.49. The first-order chi connectivity index (χ1) is 16.5. The highest BCUT2D eigenvalue weighted by Crippen LogP contribution is 2.60. The van der Waals surface area contributed by atoms with Crippen LogP contribution < -0.4 is 9.80 Å². The number of para-hydroxylation sites is 2. The second kappa shape index (κ2) is 7.21. The fraction of sp³-hybridized carbons (Fsp3) is 0.269. The van der Waals surface area contributed by atoms with Crippen molar-refractivity contribution >= 4 is 41.0 Å². The van der Waals surface area contributed by atoms with Gasteiger partial charge in [0.2, 0.25) is 23.6 Å². The third-order valence-corrected chi connectivity index (χ3v) is 7.58. The van der Waals surface area contributed by atoms with Crippen LogP contribution in [0.25, 0.3) is 0 Å². The van der Waals surface area contributed by atoms with Crippen LogP contribution in [0.5, 0.6) is 0 Å². The number of nitrogens with zero attached hydrogens (tertiary/aromatic N) is 2. The minimum atomic E-state index is -0.914. The predicted octanol–water partition coefficient (Wildman–Crippen LogP) is 1.96. The topological polar surface area (TPSA) is 101 Å². The van der Waals surface area contributed by atoms with E-state index in [1.807, 2.05) is 0 Å². The van der Waals surface area contributed by atoms with E-state index < -0.39 is 65.1 Å². The molecule has 0 N–H and O–H groups in total. The third kappa shape index (κ3) is 2.50. The fourth-order valence-corrected chi connectivity index (χ4v) is 6.33. The highest BCUT2D eigenvalue weighted by atomic mass is 16.5. The van der Waals surface area contributed by atoms with Crippen molar-refractivity contribution < 1.29 is 28.7 Å². The molecule has 0 spiro atoms. The van der Waals surface area contributed by atoms with E-state index in [9.17, 15) is 24.0 Å². The van der Waals surface area contributed by atoms with Gasteiger partial charge in [-0.15, -0.1) is 0 Å². The molecule has 2 aromatic rings. The average Bonchev–Trinajstić information content (AvgIpc) is 3.30. The standard InChI is InChI=1S/C26H20N2O6/c1-34-26(33)16-12-15-18-20(24(31)27(22(18)29)13-8-4-2-5-9-13)17(16)21-19(15)23(30)28(25(21)32)14-10-6-3-7-11-14/h2-12,15,17-21H,1H3/t15?,17?,18-,19-,20+,21+/m0/s1. The predicted molar refractivity (Wildman–Crippen MR) is 119 cm³/mol. The van der Waals surface area contributed by atoms with Crippen LogP contribution in [-0.2, 0) is 28.7 Å². The van der Waals surface area contributed by atoms with E-state index in [0.29, 0.717) is 11.4 Å². The highest BCUT2D eigenvalue weighted by Gasteiger charge is 2.71. The van der Waals surface area contributed by atoms with Crippen molar-refractivity contribution in [3.63, 3.8) is 0 Å². The van der Waals surface area contributed by atoms with Crippen molar-refractivity contribution in [2.45, 2.75) is 0 Å². The Bertz CT molecular complexity index is 1200. The first-order valence-corrected chi connectivity index (χ1v) is 11.1. The van der Waals surface area contributed by atoms with Crippen LogP contribution in [0.3, 0.4) is 0 Å². The van der Waals surface area contributed by atoms with Crippen molar-refractivity contribution in [2.24, 2.45) is 35.5 Å². The molecule has 2 heterocycles. The Morgan fingerprint density at radius 3 is 1.47 bits per heavy atom. The molecule has 34 heavy (non-hydrogen) atoms. The highest BCUT2D eigenvalue weighted by molar-refractivity contribution is 6.27. The van der Waals surface area contributed by atoms with Crippen LogP contribution in [0.1, 0.15) is 0 Å². The maximum absolute atomic E-state index is 13.6. The molecule has 5 aliphatic rings. The van der Waals surface area contributed by atoms with Crippen LogP contribution >= 0.6 is 0 Å². The second-order valence-electron chi connectivity index (χ2n) is 9.01. The van der Waals surface area contributed by atoms with E-state index in [-0.39, 0.29) is 5.57 Å². The van der Waals surface area contributed by atoms with Gasteiger partial charge in [0, 0.05) is 17.4 Å². The number of hydrogen-bond donors (Lipinski definition) is 0. The van der Waals surface area contributed by atoms with E-state index in [2.05, 4.69) is 0 Å². The Hall–Kier alpha value is -4.07. The second-order valence-corrected chi connectivity index (χ2v) is 9.01. The third-order valence-electron chi connectivity index (χ3n) is 7.58. The van der Waals surface area contributed by atoms with E-state index >= 15 is 0 Å². The summed E-state index contributed by atoms with van der Waals surface area (Å²) in [5.74, 6) is -7.52. The van der Waals surface area contributed by atoms with E-state index in [4.69, 9.17) is 4.74 Å². The van der Waals surface area contributed by atoms with Crippen LogP contribution in [-0.4, -0.2) is 36.7 Å². The summed E-state index contributed by atoms with van der Waals surface area (Å²) in [6, 6.07) is 17.1. The zero-order valence-electron chi connectivity index (χ0n) is 18.2. The Labute approximate surface area is 194 Å². The summed E-state index contributed by atoms with van der Waals surface area (Å²) in [7, 11) is 1.23. The number of allylic oxidation sites excluding steroid dienone is 1. The Morgan fingerprint density at radius 1 is 0.647 bits per heavy atom. The molecular formula is C26H20N2O6. The number of carbonyl (C=O) groups is 5. The van der Waals surface area contributed by atoms with Gasteiger partial charge in [-0.3, -0.25) is 29.0 Å². The lowest BCUT2D eigenvalue weighted by atomic mass is 9.52. The summed E-state index contributed by atoms with van der Waals surface area (Å²) in [6.45, 7) is 0. The van der Waals surface area contributed by atoms with Crippen LogP contribution in [0, 0.1) is 35.5 Å². The molecule has 0 unspecified atom stereocenters. The molecule has 4 amide bonds. The minimum Gasteiger partial charge on any atom is -0.466 e. The summed E-state index contributed by atoms with van der Waals surface area (Å²) in [6.07, 6.45) is 1.60. The molecule has 3 fully saturated rings. The molecule has 0 radical (unpaired) electrons. The van der Waals surface area contributed by atoms with Gasteiger partial charge in [-0.2, -0.15) is 0 Å². The maximum Gasteiger partial charge on any atom is 0.333 e. The molecule has 4 atom stereocenters. The Morgan fingerprint density at radius 2 is 1.06 bits per heavy atom. The zero-order chi connectivity index (χ0) is 23.7. The molecule has 1 saturated carbocycles. The minimum absolute atomic E-state index is 0.196. The number of esters is 1. The number of rotatable bonds is 3. The van der Waals surface area contributed by atoms with Gasteiger partial charge in [0.25, 0.3) is 0 Å². The summed E-state index contributed by atoms with van der Waals surface area (Å²) < 4.78 is 4.96. The van der Waals surface area contributed by atoms with Crippen LogP contribution in [0.4, 0.5) is 11.4 Å². The number of ether oxygens (including phenoxy) is 1. The van der Waals surface area contributed by atoms with Crippen molar-refractivity contribution in [2.75, 3.05) is 16.9 Å². The molecule has 8 heteroatoms. The molecule has 2 saturated heterocycles. The number of carbonyl (C=O) groups excluding carboxylic acids is 5. The molecule has 2 bridgehead atoms. The van der Waals surface area contributed by atoms with Crippen molar-refractivity contribution in [1.29, 1.82) is 0 Å². The smallest absolute Gasteiger partial charge is 0.333 e. The lowest BCUT2D eigenvalue weighted by Crippen LogP contribution is -2.53. The number of benzene rings is 2. The lowest BCUT2D eigenvalue weighted by Gasteiger charge is -2.46. The number of methoxy groups -OCH3 is 1. The molecule has 0 aromatic heterocycles. The van der Waals surface area contributed by atoms with Gasteiger partial charge < -0.3 is 4.74 Å². The van der Waals surface area contributed by atoms with E-state index in [1.165, 1.54) is 7.11 Å². The van der Waals surface area contributed by atoms with Crippen molar-refractivity contribution in [1.82, 2.24) is 0 Å². The molecule has 2 aliphatic heterocycles. The van der Waals surface area contributed by atoms with Gasteiger partial charge in [-0.05, 0) is 24.3 Å². The quantitative estimate of drug-likeness (QED) is 0.517. The van der Waals surface area contributed by atoms with Gasteiger partial charge in [-0.25, -0.2) is 4.79 Å².